The standard InChI is InChI=1S/C20H18N4O4/c1-13(25)18(20(27)24-28)23-19(26)17-11-8-15(12-22-17)5-3-2-4-14-6-9-16(21)10-7-14/h6-13,18,25,28H,21H2,1H3,(H,23,26)(H,24,27)/t13-,18+/m1/s1. The van der Waals surface area contributed by atoms with Gasteiger partial charge >= 0.3 is 0 Å². The smallest absolute Gasteiger partial charge is 0.270 e. The first kappa shape index (κ1) is 20.5. The van der Waals surface area contributed by atoms with Crippen LogP contribution in [0.25, 0.3) is 0 Å². The first-order chi connectivity index (χ1) is 13.4. The van der Waals surface area contributed by atoms with E-state index in [1.165, 1.54) is 24.7 Å². The molecule has 8 nitrogen and oxygen atoms in total. The van der Waals surface area contributed by atoms with E-state index >= 15 is 0 Å². The first-order valence-electron chi connectivity index (χ1n) is 8.17. The number of aromatic nitrogens is 1. The first-order valence-corrected chi connectivity index (χ1v) is 8.17. The van der Waals surface area contributed by atoms with Gasteiger partial charge < -0.3 is 16.2 Å². The van der Waals surface area contributed by atoms with Crippen molar-refractivity contribution in [3.05, 3.63) is 59.4 Å². The lowest BCUT2D eigenvalue weighted by Crippen LogP contribution is -2.51. The van der Waals surface area contributed by atoms with Gasteiger partial charge in [-0.05, 0) is 55.2 Å². The molecule has 0 saturated carbocycles. The van der Waals surface area contributed by atoms with E-state index in [4.69, 9.17) is 10.9 Å². The molecule has 2 rings (SSSR count). The second kappa shape index (κ2) is 9.74. The van der Waals surface area contributed by atoms with Crippen molar-refractivity contribution in [1.82, 2.24) is 15.8 Å². The van der Waals surface area contributed by atoms with Gasteiger partial charge in [-0.1, -0.05) is 11.8 Å². The highest BCUT2D eigenvalue weighted by Crippen LogP contribution is 2.04. The van der Waals surface area contributed by atoms with Gasteiger partial charge in [0.1, 0.15) is 11.7 Å². The van der Waals surface area contributed by atoms with E-state index in [0.717, 1.165) is 5.56 Å². The average molecular weight is 378 g/mol. The molecule has 0 aliphatic carbocycles. The van der Waals surface area contributed by atoms with Crippen LogP contribution in [0.15, 0.2) is 42.6 Å². The summed E-state index contributed by atoms with van der Waals surface area (Å²) in [6.07, 6.45) is 0.178. The van der Waals surface area contributed by atoms with Crippen molar-refractivity contribution >= 4 is 17.5 Å². The molecule has 1 aromatic carbocycles. The largest absolute Gasteiger partial charge is 0.399 e. The van der Waals surface area contributed by atoms with Crippen LogP contribution in [0.4, 0.5) is 5.69 Å². The fourth-order valence-corrected chi connectivity index (χ4v) is 2.07. The molecule has 8 heteroatoms. The van der Waals surface area contributed by atoms with Crippen molar-refractivity contribution < 1.29 is 19.9 Å². The van der Waals surface area contributed by atoms with Gasteiger partial charge in [0.05, 0.1) is 6.10 Å². The lowest BCUT2D eigenvalue weighted by atomic mass is 10.1. The third-order valence-electron chi connectivity index (χ3n) is 3.54. The van der Waals surface area contributed by atoms with Gasteiger partial charge in [-0.15, -0.1) is 0 Å². The van der Waals surface area contributed by atoms with Crippen molar-refractivity contribution in [1.29, 1.82) is 0 Å². The SMILES string of the molecule is C[C@@H](O)[C@H](NC(=O)c1ccc(C#CC#Cc2ccc(N)cc2)cn1)C(=O)NO. The van der Waals surface area contributed by atoms with Crippen LogP contribution in [-0.4, -0.2) is 39.3 Å². The van der Waals surface area contributed by atoms with E-state index < -0.39 is 24.0 Å². The van der Waals surface area contributed by atoms with Crippen molar-refractivity contribution in [3.8, 4) is 23.7 Å². The summed E-state index contributed by atoms with van der Waals surface area (Å²) in [6, 6.07) is 8.75. The zero-order valence-electron chi connectivity index (χ0n) is 14.9. The Morgan fingerprint density at radius 3 is 2.21 bits per heavy atom. The number of benzene rings is 1. The van der Waals surface area contributed by atoms with Crippen LogP contribution in [0.1, 0.15) is 28.5 Å². The summed E-state index contributed by atoms with van der Waals surface area (Å²) in [6.45, 7) is 1.30. The molecule has 2 atom stereocenters. The second-order valence-electron chi connectivity index (χ2n) is 5.72. The Labute approximate surface area is 161 Å². The molecule has 1 aromatic heterocycles. The van der Waals surface area contributed by atoms with Crippen molar-refractivity contribution in [2.75, 3.05) is 5.73 Å². The highest BCUT2D eigenvalue weighted by molar-refractivity contribution is 5.96. The molecule has 28 heavy (non-hydrogen) atoms. The second-order valence-corrected chi connectivity index (χ2v) is 5.72. The molecule has 6 N–H and O–H groups in total. The summed E-state index contributed by atoms with van der Waals surface area (Å²) in [5.74, 6) is 9.45. The number of nitrogens with zero attached hydrogens (tertiary/aromatic N) is 1. The molecule has 2 aromatic rings. The summed E-state index contributed by atoms with van der Waals surface area (Å²) < 4.78 is 0. The Hall–Kier alpha value is -3.85. The molecular formula is C20H18N4O4. The fourth-order valence-electron chi connectivity index (χ4n) is 2.07. The van der Waals surface area contributed by atoms with Gasteiger partial charge in [0, 0.05) is 23.0 Å². The zero-order chi connectivity index (χ0) is 20.5. The maximum absolute atomic E-state index is 12.1. The number of pyridine rings is 1. The van der Waals surface area contributed by atoms with E-state index in [1.807, 2.05) is 0 Å². The number of amides is 2. The number of hydroxylamine groups is 1. The number of carbonyl (C=O) groups is 2. The number of nitrogen functional groups attached to an aromatic ring is 1. The monoisotopic (exact) mass is 378 g/mol. The number of aliphatic hydroxyl groups excluding tert-OH is 1. The van der Waals surface area contributed by atoms with Gasteiger partial charge in [-0.3, -0.25) is 14.8 Å². The number of anilines is 1. The summed E-state index contributed by atoms with van der Waals surface area (Å²) in [5.41, 5.74) is 8.99. The van der Waals surface area contributed by atoms with E-state index in [0.29, 0.717) is 11.3 Å². The van der Waals surface area contributed by atoms with Crippen LogP contribution in [0.3, 0.4) is 0 Å². The van der Waals surface area contributed by atoms with Crippen LogP contribution in [0.2, 0.25) is 0 Å². The van der Waals surface area contributed by atoms with Crippen LogP contribution >= 0.6 is 0 Å². The van der Waals surface area contributed by atoms with Crippen LogP contribution in [0.5, 0.6) is 0 Å². The normalized spacial score (nSPS) is 11.7. The predicted octanol–water partition coefficient (Wildman–Crippen LogP) is 0.0516. The van der Waals surface area contributed by atoms with Crippen LogP contribution in [-0.2, 0) is 4.79 Å². The number of carbonyl (C=O) groups excluding carboxylic acids is 2. The lowest BCUT2D eigenvalue weighted by molar-refractivity contribution is -0.133. The topological polar surface area (TPSA) is 138 Å². The zero-order valence-corrected chi connectivity index (χ0v) is 14.9. The Morgan fingerprint density at radius 1 is 1.07 bits per heavy atom. The molecule has 0 spiro atoms. The number of rotatable bonds is 4. The highest BCUT2D eigenvalue weighted by atomic mass is 16.5. The average Bonchev–Trinajstić information content (AvgIpc) is 2.70. The molecule has 0 fully saturated rings. The Balaban J connectivity index is 2.03. The van der Waals surface area contributed by atoms with Gasteiger partial charge in [0.15, 0.2) is 0 Å². The molecule has 2 amide bonds. The molecule has 0 aliphatic rings. The highest BCUT2D eigenvalue weighted by Gasteiger charge is 2.26. The van der Waals surface area contributed by atoms with Crippen LogP contribution < -0.4 is 16.5 Å². The summed E-state index contributed by atoms with van der Waals surface area (Å²) in [4.78, 5) is 27.5. The number of nitrogens with two attached hydrogens (primary N) is 1. The maximum atomic E-state index is 12.1. The number of hydrogen-bond acceptors (Lipinski definition) is 6. The van der Waals surface area contributed by atoms with Crippen molar-refractivity contribution in [3.63, 3.8) is 0 Å². The van der Waals surface area contributed by atoms with Gasteiger partial charge in [0.2, 0.25) is 0 Å². The molecular weight excluding hydrogens is 360 g/mol. The minimum atomic E-state index is -1.32. The maximum Gasteiger partial charge on any atom is 0.270 e. The molecule has 0 bridgehead atoms. The summed E-state index contributed by atoms with van der Waals surface area (Å²) in [5, 5.41) is 20.5. The van der Waals surface area contributed by atoms with E-state index in [1.54, 1.807) is 30.3 Å². The number of nitrogens with one attached hydrogen (secondary N) is 2. The minimum Gasteiger partial charge on any atom is -0.399 e. The molecule has 0 radical (unpaired) electrons. The summed E-state index contributed by atoms with van der Waals surface area (Å²) >= 11 is 0. The molecule has 142 valence electrons. The van der Waals surface area contributed by atoms with Crippen LogP contribution in [0, 0.1) is 23.7 Å². The van der Waals surface area contributed by atoms with Gasteiger partial charge in [-0.2, -0.15) is 0 Å². The Kier molecular flexibility index (Phi) is 7.12. The number of hydrogen-bond donors (Lipinski definition) is 5. The minimum absolute atomic E-state index is 0.0231. The molecule has 1 heterocycles. The van der Waals surface area contributed by atoms with Gasteiger partial charge in [0.25, 0.3) is 11.8 Å². The summed E-state index contributed by atoms with van der Waals surface area (Å²) in [7, 11) is 0. The van der Waals surface area contributed by atoms with Crippen molar-refractivity contribution in [2.45, 2.75) is 19.1 Å². The van der Waals surface area contributed by atoms with Crippen molar-refractivity contribution in [2.24, 2.45) is 0 Å². The van der Waals surface area contributed by atoms with Gasteiger partial charge in [-0.25, -0.2) is 10.5 Å². The molecule has 0 aliphatic heterocycles. The Morgan fingerprint density at radius 2 is 1.68 bits per heavy atom. The molecule has 0 saturated heterocycles. The quantitative estimate of drug-likeness (QED) is 0.221. The predicted molar refractivity (Wildman–Crippen MR) is 102 cm³/mol. The van der Waals surface area contributed by atoms with E-state index in [2.05, 4.69) is 34.0 Å². The third kappa shape index (κ3) is 5.85. The van der Waals surface area contributed by atoms with E-state index in [9.17, 15) is 14.7 Å². The number of aliphatic hydroxyl groups is 1. The third-order valence-corrected chi connectivity index (χ3v) is 3.54. The lowest BCUT2D eigenvalue weighted by Gasteiger charge is -2.18. The van der Waals surface area contributed by atoms with E-state index in [-0.39, 0.29) is 5.69 Å². The Bertz CT molecular complexity index is 962. The fraction of sp³-hybridized carbons (Fsp3) is 0.150. The molecule has 0 unspecified atom stereocenters.